The first-order chi connectivity index (χ1) is 22.2. The zero-order chi connectivity index (χ0) is 34.1. The highest BCUT2D eigenvalue weighted by atomic mass is 19.1. The van der Waals surface area contributed by atoms with E-state index in [0.717, 1.165) is 36.9 Å². The molecule has 1 fully saturated rings. The van der Waals surface area contributed by atoms with E-state index in [9.17, 15) is 24.2 Å². The predicted octanol–water partition coefficient (Wildman–Crippen LogP) is 3.63. The number of halogens is 1. The molecule has 2 aliphatic rings. The lowest BCUT2D eigenvalue weighted by Crippen LogP contribution is -2.44. The van der Waals surface area contributed by atoms with Gasteiger partial charge in [0.15, 0.2) is 6.29 Å². The summed E-state index contributed by atoms with van der Waals surface area (Å²) in [6, 6.07) is 4.70. The summed E-state index contributed by atoms with van der Waals surface area (Å²) < 4.78 is 21.4. The van der Waals surface area contributed by atoms with E-state index < -0.39 is 17.5 Å². The van der Waals surface area contributed by atoms with Gasteiger partial charge in [-0.15, -0.1) is 0 Å². The third kappa shape index (κ3) is 7.64. The summed E-state index contributed by atoms with van der Waals surface area (Å²) in [6.45, 7) is 11.3. The van der Waals surface area contributed by atoms with Crippen molar-refractivity contribution in [2.75, 3.05) is 26.8 Å². The topological polar surface area (TPSA) is 160 Å². The molecule has 0 radical (unpaired) electrons. The van der Waals surface area contributed by atoms with Gasteiger partial charge in [0.05, 0.1) is 43.2 Å². The van der Waals surface area contributed by atoms with Crippen LogP contribution < -0.4 is 17.1 Å². The molecule has 11 nitrogen and oxygen atoms in total. The summed E-state index contributed by atoms with van der Waals surface area (Å²) >= 11 is 0. The molecule has 252 valence electrons. The smallest absolute Gasteiger partial charge is 0.257 e. The highest BCUT2D eigenvalue weighted by Crippen LogP contribution is 2.38. The summed E-state index contributed by atoms with van der Waals surface area (Å²) in [6.07, 6.45) is 3.52. The van der Waals surface area contributed by atoms with E-state index in [1.165, 1.54) is 22.8 Å². The maximum Gasteiger partial charge on any atom is 0.257 e. The van der Waals surface area contributed by atoms with E-state index >= 15 is 0 Å². The molecule has 6 N–H and O–H groups in total. The Bertz CT molecular complexity index is 1610. The molecule has 12 heteroatoms. The second-order valence-electron chi connectivity index (χ2n) is 11.1. The van der Waals surface area contributed by atoms with Crippen LogP contribution in [0.5, 0.6) is 0 Å². The molecule has 46 heavy (non-hydrogen) atoms. The number of likely N-dealkylation sites (tertiary alicyclic amines) is 1. The molecule has 2 atom stereocenters. The summed E-state index contributed by atoms with van der Waals surface area (Å²) in [5, 5.41) is 22.3. The first-order valence-corrected chi connectivity index (χ1v) is 16.0. The number of nitrogens with two attached hydrogens (primary N) is 2. The quantitative estimate of drug-likeness (QED) is 0.115. The predicted molar refractivity (Wildman–Crippen MR) is 178 cm³/mol. The largest absolute Gasteiger partial charge is 0.400 e. The molecule has 0 bridgehead atoms. The Kier molecular flexibility index (Phi) is 13.4. The van der Waals surface area contributed by atoms with Gasteiger partial charge in [0.25, 0.3) is 5.56 Å². The molecule has 2 aromatic heterocycles. The average molecular weight is 641 g/mol. The fourth-order valence-corrected chi connectivity index (χ4v) is 6.10. The second-order valence-corrected chi connectivity index (χ2v) is 11.1. The Morgan fingerprint density at radius 2 is 1.93 bits per heavy atom. The minimum Gasteiger partial charge on any atom is -0.400 e. The number of aromatic nitrogens is 2. The third-order valence-electron chi connectivity index (χ3n) is 8.23. The fourth-order valence-electron chi connectivity index (χ4n) is 6.10. The number of aliphatic hydroxyl groups is 2. The Morgan fingerprint density at radius 3 is 2.59 bits per heavy atom. The summed E-state index contributed by atoms with van der Waals surface area (Å²) in [7, 11) is 1.43. The van der Waals surface area contributed by atoms with E-state index in [1.54, 1.807) is 25.3 Å². The number of hydrogen-bond donors (Lipinski definition) is 4. The Morgan fingerprint density at radius 1 is 1.22 bits per heavy atom. The van der Waals surface area contributed by atoms with Crippen molar-refractivity contribution in [3.05, 3.63) is 74.1 Å². The Balaban J connectivity index is 0.00000139. The van der Waals surface area contributed by atoms with Crippen molar-refractivity contribution >= 4 is 17.2 Å². The van der Waals surface area contributed by atoms with Crippen molar-refractivity contribution in [1.82, 2.24) is 19.5 Å². The molecule has 2 unspecified atom stereocenters. The van der Waals surface area contributed by atoms with Crippen LogP contribution >= 0.6 is 0 Å². The summed E-state index contributed by atoms with van der Waals surface area (Å²) in [5.41, 5.74) is 10.00. The number of fused-ring (bicyclic) bond motifs is 4. The van der Waals surface area contributed by atoms with Crippen LogP contribution in [0, 0.1) is 12.7 Å². The highest BCUT2D eigenvalue weighted by Gasteiger charge is 2.30. The van der Waals surface area contributed by atoms with Gasteiger partial charge in [-0.2, -0.15) is 0 Å². The SMILES string of the molecule is CC.CC.COCc1c(C(O)C=O)cc2n(c1=O)Cc1c-2nc2cc(F)c(C)cc2c1CN(N)/C=C(\N)CN1CCCCC1CO. The van der Waals surface area contributed by atoms with Crippen molar-refractivity contribution in [2.45, 2.75) is 85.7 Å². The van der Waals surface area contributed by atoms with Crippen molar-refractivity contribution in [2.24, 2.45) is 11.6 Å². The lowest BCUT2D eigenvalue weighted by molar-refractivity contribution is -0.115. The van der Waals surface area contributed by atoms with Gasteiger partial charge in [0, 0.05) is 59.7 Å². The van der Waals surface area contributed by atoms with Crippen molar-refractivity contribution in [1.29, 1.82) is 0 Å². The number of aldehydes is 1. The maximum atomic E-state index is 14.7. The third-order valence-corrected chi connectivity index (χ3v) is 8.23. The molecule has 4 heterocycles. The minimum absolute atomic E-state index is 0.0599. The molecule has 2 aliphatic heterocycles. The van der Waals surface area contributed by atoms with E-state index in [4.69, 9.17) is 21.3 Å². The zero-order valence-corrected chi connectivity index (χ0v) is 27.8. The normalized spacial score (nSPS) is 16.5. The van der Waals surface area contributed by atoms with Crippen LogP contribution in [-0.2, 0) is 29.2 Å². The van der Waals surface area contributed by atoms with Gasteiger partial charge in [-0.1, -0.05) is 34.1 Å². The van der Waals surface area contributed by atoms with Crippen LogP contribution in [0.2, 0.25) is 0 Å². The van der Waals surface area contributed by atoms with Gasteiger partial charge in [-0.05, 0) is 49.6 Å². The van der Waals surface area contributed by atoms with E-state index in [-0.39, 0.29) is 43.5 Å². The van der Waals surface area contributed by atoms with Crippen molar-refractivity contribution < 1.29 is 24.1 Å². The number of nitrogens with zero attached hydrogens (tertiary/aromatic N) is 4. The van der Waals surface area contributed by atoms with Gasteiger partial charge in [-0.25, -0.2) is 15.2 Å². The van der Waals surface area contributed by atoms with Crippen molar-refractivity contribution in [3.8, 4) is 11.4 Å². The van der Waals surface area contributed by atoms with Gasteiger partial charge in [0.1, 0.15) is 11.9 Å². The van der Waals surface area contributed by atoms with E-state index in [0.29, 0.717) is 46.4 Å². The van der Waals surface area contributed by atoms with Crippen LogP contribution in [-0.4, -0.2) is 68.8 Å². The van der Waals surface area contributed by atoms with Crippen LogP contribution in [0.3, 0.4) is 0 Å². The standard InChI is InChI=1S/C30H37FN6O5.2C2H6/c1-17-7-20-22(12-36(33)11-18(32)10-35-6-4-3-5-19(35)14-38)23-13-37-27(29(23)34-26(20)9-25(17)31)8-21(28(40)15-39)24(16-42-2)30(37)41;2*1-2/h7-9,11,15,19,28,38,40H,3-6,10,12-14,16,32-33H2,1-2H3;2*1-2H3/b18-11-;;. The molecule has 0 aliphatic carbocycles. The van der Waals surface area contributed by atoms with Gasteiger partial charge >= 0.3 is 0 Å². The molecule has 5 rings (SSSR count). The number of aliphatic hydroxyl groups excluding tert-OH is 2. The Labute approximate surface area is 270 Å². The molecule has 1 saturated heterocycles. The monoisotopic (exact) mass is 640 g/mol. The first-order valence-electron chi connectivity index (χ1n) is 16.0. The highest BCUT2D eigenvalue weighted by molar-refractivity contribution is 5.88. The number of methoxy groups -OCH3 is 1. The maximum absolute atomic E-state index is 14.7. The average Bonchev–Trinajstić information content (AvgIpc) is 3.43. The molecule has 3 aromatic rings. The number of aryl methyl sites for hydroxylation is 1. The van der Waals surface area contributed by atoms with E-state index in [2.05, 4.69) is 4.90 Å². The van der Waals surface area contributed by atoms with Gasteiger partial charge in [-0.3, -0.25) is 9.69 Å². The lowest BCUT2D eigenvalue weighted by Gasteiger charge is -2.34. The van der Waals surface area contributed by atoms with Crippen LogP contribution in [0.25, 0.3) is 22.3 Å². The minimum atomic E-state index is -1.52. The molecule has 0 saturated carbocycles. The number of carbonyl (C=O) groups is 1. The zero-order valence-electron chi connectivity index (χ0n) is 27.8. The first kappa shape index (κ1) is 36.8. The molecule has 0 spiro atoms. The molecular formula is C34H49FN6O5. The summed E-state index contributed by atoms with van der Waals surface area (Å²) in [5.74, 6) is 6.05. The van der Waals surface area contributed by atoms with Crippen molar-refractivity contribution in [3.63, 3.8) is 0 Å². The fraction of sp³-hybridized carbons (Fsp3) is 0.500. The number of piperidine rings is 1. The van der Waals surface area contributed by atoms with Gasteiger partial charge in [0.2, 0.25) is 0 Å². The van der Waals surface area contributed by atoms with Crippen LogP contribution in [0.1, 0.15) is 80.9 Å². The van der Waals surface area contributed by atoms with Gasteiger partial charge < -0.3 is 35.1 Å². The number of pyridine rings is 2. The molecule has 1 aromatic carbocycles. The van der Waals surface area contributed by atoms with E-state index in [1.807, 2.05) is 27.7 Å². The van der Waals surface area contributed by atoms with Crippen LogP contribution in [0.15, 0.2) is 34.9 Å². The number of ether oxygens (including phenoxy) is 1. The number of benzene rings is 1. The lowest BCUT2D eigenvalue weighted by atomic mass is 9.98. The number of rotatable bonds is 10. The molecular weight excluding hydrogens is 591 g/mol. The number of hydrogen-bond acceptors (Lipinski definition) is 10. The summed E-state index contributed by atoms with van der Waals surface area (Å²) in [4.78, 5) is 31.9. The van der Waals surface area contributed by atoms with Crippen LogP contribution in [0.4, 0.5) is 4.39 Å². The number of hydrazine groups is 1. The second kappa shape index (κ2) is 16.8. The number of carbonyl (C=O) groups excluding carboxylic acids is 1. The Hall–Kier alpha value is -3.68. The molecule has 0 amide bonds.